The number of benzene rings is 2. The highest BCUT2D eigenvalue weighted by atomic mass is 127. The molecule has 6 nitrogen and oxygen atoms in total. The minimum absolute atomic E-state index is 0. The van der Waals surface area contributed by atoms with E-state index in [1.807, 2.05) is 68.3 Å². The molecule has 174 valence electrons. The second-order valence-electron chi connectivity index (χ2n) is 8.18. The fourth-order valence-corrected chi connectivity index (χ4v) is 3.85. The maximum atomic E-state index is 12.8. The number of nitrogens with zero attached hydrogens (tertiary/aromatic N) is 3. The van der Waals surface area contributed by atoms with Crippen molar-refractivity contribution in [3.05, 3.63) is 71.3 Å². The molecule has 1 N–H and O–H groups in total. The number of morpholine rings is 1. The maximum absolute atomic E-state index is 12.8. The van der Waals surface area contributed by atoms with Gasteiger partial charge in [0.25, 0.3) is 5.91 Å². The third kappa shape index (κ3) is 7.48. The van der Waals surface area contributed by atoms with Gasteiger partial charge in [0.05, 0.1) is 18.8 Å². The molecule has 1 aliphatic heterocycles. The molecule has 0 aromatic heterocycles. The number of carbonyl (C=O) groups is 1. The Kier molecular flexibility index (Phi) is 10.4. The molecule has 0 saturated carbocycles. The Morgan fingerprint density at radius 2 is 1.69 bits per heavy atom. The Balaban J connectivity index is 0.00000363. The monoisotopic (exact) mass is 550 g/mol. The molecule has 3 rings (SSSR count). The average Bonchev–Trinajstić information content (AvgIpc) is 2.76. The molecule has 1 saturated heterocycles. The van der Waals surface area contributed by atoms with Crippen LogP contribution in [0.15, 0.2) is 59.6 Å². The molecule has 0 spiro atoms. The van der Waals surface area contributed by atoms with Crippen LogP contribution < -0.4 is 5.32 Å². The first kappa shape index (κ1) is 26.1. The van der Waals surface area contributed by atoms with E-state index >= 15 is 0 Å². The summed E-state index contributed by atoms with van der Waals surface area (Å²) in [6, 6.07) is 18.1. The molecule has 2 aromatic carbocycles. The molecule has 1 fully saturated rings. The van der Waals surface area contributed by atoms with E-state index in [2.05, 4.69) is 29.3 Å². The molecular formula is C25H35IN4O2. The van der Waals surface area contributed by atoms with Gasteiger partial charge in [-0.15, -0.1) is 24.0 Å². The molecular weight excluding hydrogens is 515 g/mol. The highest BCUT2D eigenvalue weighted by Crippen LogP contribution is 2.15. The lowest BCUT2D eigenvalue weighted by Gasteiger charge is -2.35. The number of amides is 1. The normalized spacial score (nSPS) is 18.6. The Hall–Kier alpha value is -2.13. The van der Waals surface area contributed by atoms with E-state index in [-0.39, 0.29) is 42.1 Å². The number of rotatable bonds is 6. The van der Waals surface area contributed by atoms with Crippen LogP contribution in [0.2, 0.25) is 0 Å². The number of ether oxygens (including phenoxy) is 1. The number of carbonyl (C=O) groups excluding carboxylic acids is 1. The minimum atomic E-state index is 0. The maximum Gasteiger partial charge on any atom is 0.254 e. The molecule has 7 heteroatoms. The highest BCUT2D eigenvalue weighted by molar-refractivity contribution is 14.0. The molecule has 0 bridgehead atoms. The molecule has 2 atom stereocenters. The van der Waals surface area contributed by atoms with Crippen LogP contribution in [0.25, 0.3) is 0 Å². The van der Waals surface area contributed by atoms with Crippen molar-refractivity contribution in [2.24, 2.45) is 4.99 Å². The van der Waals surface area contributed by atoms with Gasteiger partial charge >= 0.3 is 0 Å². The van der Waals surface area contributed by atoms with E-state index in [1.165, 1.54) is 5.56 Å². The van der Waals surface area contributed by atoms with E-state index in [4.69, 9.17) is 9.73 Å². The van der Waals surface area contributed by atoms with Crippen molar-refractivity contribution in [3.63, 3.8) is 0 Å². The fourth-order valence-electron chi connectivity index (χ4n) is 3.85. The van der Waals surface area contributed by atoms with Crippen molar-refractivity contribution in [1.82, 2.24) is 15.1 Å². The number of halogens is 1. The average molecular weight is 550 g/mol. The van der Waals surface area contributed by atoms with Crippen LogP contribution in [-0.4, -0.2) is 60.6 Å². The summed E-state index contributed by atoms with van der Waals surface area (Å²) in [7, 11) is 2.04. The Bertz CT molecular complexity index is 863. The van der Waals surface area contributed by atoms with E-state index in [9.17, 15) is 4.79 Å². The van der Waals surface area contributed by atoms with E-state index in [0.29, 0.717) is 25.2 Å². The summed E-state index contributed by atoms with van der Waals surface area (Å²) in [6.45, 7) is 9.51. The van der Waals surface area contributed by atoms with Gasteiger partial charge in [-0.1, -0.05) is 42.5 Å². The molecule has 0 radical (unpaired) electrons. The Morgan fingerprint density at radius 1 is 1.06 bits per heavy atom. The summed E-state index contributed by atoms with van der Waals surface area (Å²) in [5, 5.41) is 3.36. The van der Waals surface area contributed by atoms with Gasteiger partial charge in [0.1, 0.15) is 0 Å². The van der Waals surface area contributed by atoms with Gasteiger partial charge in [-0.2, -0.15) is 0 Å². The van der Waals surface area contributed by atoms with Crippen LogP contribution in [0.1, 0.15) is 42.3 Å². The minimum Gasteiger partial charge on any atom is -0.372 e. The predicted molar refractivity (Wildman–Crippen MR) is 140 cm³/mol. The van der Waals surface area contributed by atoms with Gasteiger partial charge in [0, 0.05) is 38.8 Å². The molecule has 1 heterocycles. The van der Waals surface area contributed by atoms with E-state index in [0.717, 1.165) is 24.6 Å². The lowest BCUT2D eigenvalue weighted by molar-refractivity contribution is -0.0586. The zero-order chi connectivity index (χ0) is 22.2. The van der Waals surface area contributed by atoms with Crippen LogP contribution in [0.3, 0.4) is 0 Å². The summed E-state index contributed by atoms with van der Waals surface area (Å²) in [5.74, 6) is 0.927. The standard InChI is InChI=1S/C25H34N4O2.HI/c1-5-26-25(28(4)18-22-9-7-6-8-10-22)27-15-21-11-13-23(14-12-21)24(30)29-16-19(2)31-20(3)17-29;/h6-14,19-20H,5,15-18H2,1-4H3,(H,26,27);1H. The van der Waals surface area contributed by atoms with Gasteiger partial charge in [-0.25, -0.2) is 4.99 Å². The van der Waals surface area contributed by atoms with Crippen molar-refractivity contribution in [3.8, 4) is 0 Å². The van der Waals surface area contributed by atoms with Gasteiger partial charge in [-0.05, 0) is 44.0 Å². The zero-order valence-corrected chi connectivity index (χ0v) is 21.8. The number of aliphatic imine (C=N–C) groups is 1. The number of guanidine groups is 1. The third-order valence-corrected chi connectivity index (χ3v) is 5.28. The SMILES string of the molecule is CCNC(=NCc1ccc(C(=O)N2CC(C)OC(C)C2)cc1)N(C)Cc1ccccc1.I. The first-order valence-corrected chi connectivity index (χ1v) is 11.0. The lowest BCUT2D eigenvalue weighted by Crippen LogP contribution is -2.48. The fraction of sp³-hybridized carbons (Fsp3) is 0.440. The smallest absolute Gasteiger partial charge is 0.254 e. The van der Waals surface area contributed by atoms with E-state index in [1.54, 1.807) is 0 Å². The van der Waals surface area contributed by atoms with Crippen LogP contribution >= 0.6 is 24.0 Å². The molecule has 2 unspecified atom stereocenters. The summed E-state index contributed by atoms with van der Waals surface area (Å²) in [4.78, 5) is 21.6. The van der Waals surface area contributed by atoms with Crippen molar-refractivity contribution < 1.29 is 9.53 Å². The highest BCUT2D eigenvalue weighted by Gasteiger charge is 2.26. The summed E-state index contributed by atoms with van der Waals surface area (Å²) >= 11 is 0. The van der Waals surface area contributed by atoms with Gasteiger partial charge in [0.2, 0.25) is 0 Å². The second-order valence-corrected chi connectivity index (χ2v) is 8.18. The summed E-state index contributed by atoms with van der Waals surface area (Å²) in [6.07, 6.45) is 0.136. The first-order valence-electron chi connectivity index (χ1n) is 11.0. The van der Waals surface area contributed by atoms with Crippen LogP contribution in [-0.2, 0) is 17.8 Å². The van der Waals surface area contributed by atoms with Gasteiger partial charge in [0.15, 0.2) is 5.96 Å². The van der Waals surface area contributed by atoms with Crippen LogP contribution in [0.4, 0.5) is 0 Å². The van der Waals surface area contributed by atoms with E-state index < -0.39 is 0 Å². The number of hydrogen-bond acceptors (Lipinski definition) is 3. The lowest BCUT2D eigenvalue weighted by atomic mass is 10.1. The second kappa shape index (κ2) is 12.8. The number of hydrogen-bond donors (Lipinski definition) is 1. The summed E-state index contributed by atoms with van der Waals surface area (Å²) in [5.41, 5.74) is 3.02. The molecule has 32 heavy (non-hydrogen) atoms. The largest absolute Gasteiger partial charge is 0.372 e. The Morgan fingerprint density at radius 3 is 2.28 bits per heavy atom. The van der Waals surface area contributed by atoms with Crippen molar-refractivity contribution in [2.45, 2.75) is 46.1 Å². The van der Waals surface area contributed by atoms with Gasteiger partial charge < -0.3 is 19.9 Å². The quantitative estimate of drug-likeness (QED) is 0.334. The number of nitrogens with one attached hydrogen (secondary N) is 1. The van der Waals surface area contributed by atoms with Crippen molar-refractivity contribution in [1.29, 1.82) is 0 Å². The first-order chi connectivity index (χ1) is 15.0. The molecule has 0 aliphatic carbocycles. The van der Waals surface area contributed by atoms with Crippen molar-refractivity contribution >= 4 is 35.8 Å². The molecule has 2 aromatic rings. The predicted octanol–water partition coefficient (Wildman–Crippen LogP) is 4.15. The molecule has 1 aliphatic rings. The van der Waals surface area contributed by atoms with Crippen LogP contribution in [0.5, 0.6) is 0 Å². The van der Waals surface area contributed by atoms with Gasteiger partial charge in [-0.3, -0.25) is 4.79 Å². The zero-order valence-electron chi connectivity index (χ0n) is 19.5. The topological polar surface area (TPSA) is 57.2 Å². The summed E-state index contributed by atoms with van der Waals surface area (Å²) < 4.78 is 5.73. The third-order valence-electron chi connectivity index (χ3n) is 5.28. The Labute approximate surface area is 209 Å². The van der Waals surface area contributed by atoms with Crippen LogP contribution in [0, 0.1) is 0 Å². The van der Waals surface area contributed by atoms with Crippen molar-refractivity contribution in [2.75, 3.05) is 26.7 Å². The molecule has 1 amide bonds.